The van der Waals surface area contributed by atoms with Crippen molar-refractivity contribution in [2.75, 3.05) is 10.2 Å². The van der Waals surface area contributed by atoms with Crippen LogP contribution in [0.1, 0.15) is 37.6 Å². The molecule has 1 aliphatic heterocycles. The first-order valence-corrected chi connectivity index (χ1v) is 8.92. The lowest BCUT2D eigenvalue weighted by Crippen LogP contribution is -2.33. The van der Waals surface area contributed by atoms with Crippen molar-refractivity contribution in [1.29, 1.82) is 0 Å². The van der Waals surface area contributed by atoms with E-state index in [1.165, 1.54) is 16.9 Å². The van der Waals surface area contributed by atoms with E-state index >= 15 is 0 Å². The Hall–Kier alpha value is -2.21. The Morgan fingerprint density at radius 2 is 2.17 bits per heavy atom. The highest BCUT2D eigenvalue weighted by atomic mass is 32.1. The SMILES string of the molecule is CCC(=O)Nc1nc(-c2ccc3c(c2)CC(C)N3C(C)=O)c(C)s1. The summed E-state index contributed by atoms with van der Waals surface area (Å²) in [6.45, 7) is 7.49. The molecule has 3 rings (SSSR count). The summed E-state index contributed by atoms with van der Waals surface area (Å²) in [4.78, 5) is 30.9. The van der Waals surface area contributed by atoms with Crippen molar-refractivity contribution in [3.63, 3.8) is 0 Å². The summed E-state index contributed by atoms with van der Waals surface area (Å²) >= 11 is 1.48. The molecule has 1 aliphatic rings. The van der Waals surface area contributed by atoms with Gasteiger partial charge in [0.25, 0.3) is 0 Å². The maximum absolute atomic E-state index is 11.8. The molecule has 0 fully saturated rings. The third-order valence-electron chi connectivity index (χ3n) is 4.27. The van der Waals surface area contributed by atoms with Crippen LogP contribution in [0.2, 0.25) is 0 Å². The van der Waals surface area contributed by atoms with Gasteiger partial charge in [0.15, 0.2) is 5.13 Å². The van der Waals surface area contributed by atoms with Gasteiger partial charge in [-0.05, 0) is 38.0 Å². The van der Waals surface area contributed by atoms with Crippen LogP contribution in [0.25, 0.3) is 11.3 Å². The first-order valence-electron chi connectivity index (χ1n) is 8.11. The highest BCUT2D eigenvalue weighted by Gasteiger charge is 2.29. The van der Waals surface area contributed by atoms with E-state index in [9.17, 15) is 9.59 Å². The summed E-state index contributed by atoms with van der Waals surface area (Å²) < 4.78 is 0. The van der Waals surface area contributed by atoms with Crippen LogP contribution in [0.5, 0.6) is 0 Å². The maximum atomic E-state index is 11.8. The predicted octanol–water partition coefficient (Wildman–Crippen LogP) is 3.76. The van der Waals surface area contributed by atoms with E-state index in [2.05, 4.69) is 23.3 Å². The Balaban J connectivity index is 1.94. The molecule has 2 amide bonds. The summed E-state index contributed by atoms with van der Waals surface area (Å²) in [5.74, 6) is 0.0404. The van der Waals surface area contributed by atoms with E-state index in [4.69, 9.17) is 0 Å². The van der Waals surface area contributed by atoms with Gasteiger partial charge in [0.05, 0.1) is 5.69 Å². The van der Waals surface area contributed by atoms with Gasteiger partial charge in [0, 0.05) is 35.5 Å². The highest BCUT2D eigenvalue weighted by Crippen LogP contribution is 2.37. The van der Waals surface area contributed by atoms with Gasteiger partial charge in [-0.1, -0.05) is 13.0 Å². The topological polar surface area (TPSA) is 62.3 Å². The fourth-order valence-corrected chi connectivity index (χ4v) is 4.04. The van der Waals surface area contributed by atoms with Crippen LogP contribution in [0.4, 0.5) is 10.8 Å². The Morgan fingerprint density at radius 3 is 2.83 bits per heavy atom. The molecule has 5 nitrogen and oxygen atoms in total. The van der Waals surface area contributed by atoms with Crippen molar-refractivity contribution in [2.45, 2.75) is 46.6 Å². The van der Waals surface area contributed by atoms with Crippen LogP contribution >= 0.6 is 11.3 Å². The second-order valence-electron chi connectivity index (χ2n) is 6.11. The second-order valence-corrected chi connectivity index (χ2v) is 7.31. The van der Waals surface area contributed by atoms with Crippen molar-refractivity contribution < 1.29 is 9.59 Å². The number of thiazole rings is 1. The first-order chi connectivity index (χ1) is 11.4. The smallest absolute Gasteiger partial charge is 0.225 e. The van der Waals surface area contributed by atoms with Gasteiger partial charge in [-0.15, -0.1) is 11.3 Å². The number of hydrogen-bond donors (Lipinski definition) is 1. The average Bonchev–Trinajstić information content (AvgIpc) is 3.05. The second kappa shape index (κ2) is 6.36. The van der Waals surface area contributed by atoms with Crippen LogP contribution in [0.15, 0.2) is 18.2 Å². The summed E-state index contributed by atoms with van der Waals surface area (Å²) in [6, 6.07) is 6.30. The molecule has 0 aliphatic carbocycles. The number of benzene rings is 1. The van der Waals surface area contributed by atoms with E-state index in [-0.39, 0.29) is 17.9 Å². The molecule has 2 heterocycles. The van der Waals surface area contributed by atoms with Crippen LogP contribution in [0, 0.1) is 6.92 Å². The quantitative estimate of drug-likeness (QED) is 0.923. The number of carbonyl (C=O) groups excluding carboxylic acids is 2. The molecule has 1 atom stereocenters. The molecule has 1 unspecified atom stereocenters. The number of aryl methyl sites for hydroxylation is 1. The minimum Gasteiger partial charge on any atom is -0.309 e. The molecule has 0 spiro atoms. The zero-order valence-corrected chi connectivity index (χ0v) is 15.2. The molecule has 2 aromatic rings. The number of fused-ring (bicyclic) bond motifs is 1. The van der Waals surface area contributed by atoms with Gasteiger partial charge in [0.2, 0.25) is 11.8 Å². The molecule has 0 saturated carbocycles. The molecule has 0 bridgehead atoms. The minimum absolute atomic E-state index is 0.0322. The zero-order valence-electron chi connectivity index (χ0n) is 14.3. The normalized spacial score (nSPS) is 16.2. The average molecular weight is 343 g/mol. The third kappa shape index (κ3) is 2.94. The Labute approximate surface area is 145 Å². The van der Waals surface area contributed by atoms with Gasteiger partial charge in [0.1, 0.15) is 0 Å². The maximum Gasteiger partial charge on any atom is 0.225 e. The van der Waals surface area contributed by atoms with E-state index < -0.39 is 0 Å². The lowest BCUT2D eigenvalue weighted by molar-refractivity contribution is -0.117. The summed E-state index contributed by atoms with van der Waals surface area (Å²) in [6.07, 6.45) is 1.29. The summed E-state index contributed by atoms with van der Waals surface area (Å²) in [5.41, 5.74) is 4.08. The van der Waals surface area contributed by atoms with Crippen LogP contribution in [0.3, 0.4) is 0 Å². The lowest BCUT2D eigenvalue weighted by atomic mass is 10.0. The number of rotatable bonds is 3. The zero-order chi connectivity index (χ0) is 17.4. The number of nitrogens with one attached hydrogen (secondary N) is 1. The number of carbonyl (C=O) groups is 2. The van der Waals surface area contributed by atoms with E-state index in [0.717, 1.165) is 28.2 Å². The third-order valence-corrected chi connectivity index (χ3v) is 5.16. The lowest BCUT2D eigenvalue weighted by Gasteiger charge is -2.20. The molecule has 0 saturated heterocycles. The summed E-state index contributed by atoms with van der Waals surface area (Å²) in [5, 5.41) is 3.45. The van der Waals surface area contributed by atoms with Gasteiger partial charge in [-0.25, -0.2) is 4.98 Å². The first kappa shape index (κ1) is 16.6. The van der Waals surface area contributed by atoms with E-state index in [1.807, 2.05) is 30.9 Å². The molecule has 1 N–H and O–H groups in total. The summed E-state index contributed by atoms with van der Waals surface area (Å²) in [7, 11) is 0. The molecule has 6 heteroatoms. The van der Waals surface area contributed by atoms with Crippen LogP contribution in [-0.4, -0.2) is 22.8 Å². The van der Waals surface area contributed by atoms with Gasteiger partial charge in [-0.2, -0.15) is 0 Å². The molecular formula is C18H21N3O2S. The highest BCUT2D eigenvalue weighted by molar-refractivity contribution is 7.16. The van der Waals surface area contributed by atoms with Gasteiger partial charge in [-0.3, -0.25) is 9.59 Å². The van der Waals surface area contributed by atoms with E-state index in [1.54, 1.807) is 6.92 Å². The molecule has 1 aromatic carbocycles. The molecule has 1 aromatic heterocycles. The minimum atomic E-state index is -0.0322. The van der Waals surface area contributed by atoms with Gasteiger partial charge < -0.3 is 10.2 Å². The van der Waals surface area contributed by atoms with Gasteiger partial charge >= 0.3 is 0 Å². The van der Waals surface area contributed by atoms with Crippen LogP contribution < -0.4 is 10.2 Å². The van der Waals surface area contributed by atoms with E-state index in [0.29, 0.717) is 11.6 Å². The van der Waals surface area contributed by atoms with Crippen LogP contribution in [-0.2, 0) is 16.0 Å². The monoisotopic (exact) mass is 343 g/mol. The van der Waals surface area contributed by atoms with Crippen molar-refractivity contribution in [2.24, 2.45) is 0 Å². The van der Waals surface area contributed by atoms with Crippen molar-refractivity contribution in [3.8, 4) is 11.3 Å². The molecule has 0 radical (unpaired) electrons. The fraction of sp³-hybridized carbons (Fsp3) is 0.389. The number of aromatic nitrogens is 1. The Bertz CT molecular complexity index is 813. The molecule has 126 valence electrons. The largest absolute Gasteiger partial charge is 0.309 e. The number of hydrogen-bond acceptors (Lipinski definition) is 4. The molecule has 24 heavy (non-hydrogen) atoms. The van der Waals surface area contributed by atoms with Crippen molar-refractivity contribution in [1.82, 2.24) is 4.98 Å². The number of anilines is 2. The van der Waals surface area contributed by atoms with Crippen molar-refractivity contribution in [3.05, 3.63) is 28.6 Å². The standard InChI is InChI=1S/C18H21N3O2S/c1-5-16(23)19-18-20-17(11(3)24-18)13-6-7-15-14(9-13)8-10(2)21(15)12(4)22/h6-7,9-10H,5,8H2,1-4H3,(H,19,20,23). The number of nitrogens with zero attached hydrogens (tertiary/aromatic N) is 2. The molecular weight excluding hydrogens is 322 g/mol. The Kier molecular flexibility index (Phi) is 4.41. The predicted molar refractivity (Wildman–Crippen MR) is 97.5 cm³/mol. The fourth-order valence-electron chi connectivity index (χ4n) is 3.18. The Morgan fingerprint density at radius 1 is 1.42 bits per heavy atom. The van der Waals surface area contributed by atoms with Crippen molar-refractivity contribution >= 4 is 34.0 Å². The number of amides is 2.